The smallest absolute Gasteiger partial charge is 0.256 e. The molecule has 0 aliphatic heterocycles. The van der Waals surface area contributed by atoms with Gasteiger partial charge in [0.1, 0.15) is 5.82 Å². The number of hydrogen-bond donors (Lipinski definition) is 1. The van der Waals surface area contributed by atoms with Crippen LogP contribution in [0, 0.1) is 5.82 Å². The molecular weight excluding hydrogens is 267 g/mol. The van der Waals surface area contributed by atoms with Crippen molar-refractivity contribution in [1.82, 2.24) is 10.2 Å². The first-order valence-electron chi connectivity index (χ1n) is 7.88. The van der Waals surface area contributed by atoms with Gasteiger partial charge in [-0.15, -0.1) is 0 Å². The predicted octanol–water partition coefficient (Wildman–Crippen LogP) is 3.21. The second-order valence-corrected chi connectivity index (χ2v) is 5.86. The number of benzene rings is 1. The second kappa shape index (κ2) is 7.55. The monoisotopic (exact) mass is 292 g/mol. The van der Waals surface area contributed by atoms with Crippen molar-refractivity contribution in [2.24, 2.45) is 0 Å². The van der Waals surface area contributed by atoms with E-state index < -0.39 is 5.82 Å². The standard InChI is InChI=1S/C17H25FN2O/c1-3-12-19-13-8-10-14(11-9-13)20(2)17(21)15-6-4-5-7-16(15)18/h4-7,13-14,19H,3,8-12H2,1-2H3. The lowest BCUT2D eigenvalue weighted by atomic mass is 9.90. The van der Waals surface area contributed by atoms with Crippen LogP contribution in [0.4, 0.5) is 4.39 Å². The molecule has 1 amide bonds. The van der Waals surface area contributed by atoms with Crippen LogP contribution in [-0.4, -0.2) is 36.5 Å². The van der Waals surface area contributed by atoms with Crippen LogP contribution in [0.2, 0.25) is 0 Å². The maximum Gasteiger partial charge on any atom is 0.256 e. The van der Waals surface area contributed by atoms with E-state index in [-0.39, 0.29) is 17.5 Å². The van der Waals surface area contributed by atoms with Crippen molar-refractivity contribution >= 4 is 5.91 Å². The van der Waals surface area contributed by atoms with Crippen molar-refractivity contribution in [3.8, 4) is 0 Å². The fourth-order valence-electron chi connectivity index (χ4n) is 3.01. The Kier molecular flexibility index (Phi) is 5.74. The minimum absolute atomic E-state index is 0.172. The summed E-state index contributed by atoms with van der Waals surface area (Å²) in [6.07, 6.45) is 5.28. The van der Waals surface area contributed by atoms with Gasteiger partial charge < -0.3 is 10.2 Å². The molecule has 0 spiro atoms. The van der Waals surface area contributed by atoms with Gasteiger partial charge in [-0.25, -0.2) is 4.39 Å². The van der Waals surface area contributed by atoms with Gasteiger partial charge in [-0.2, -0.15) is 0 Å². The van der Waals surface area contributed by atoms with E-state index in [1.807, 2.05) is 0 Å². The first-order valence-corrected chi connectivity index (χ1v) is 7.88. The first kappa shape index (κ1) is 16.0. The molecule has 1 saturated carbocycles. The molecule has 1 N–H and O–H groups in total. The Balaban J connectivity index is 1.91. The summed E-state index contributed by atoms with van der Waals surface area (Å²) < 4.78 is 13.7. The van der Waals surface area contributed by atoms with Gasteiger partial charge in [0.15, 0.2) is 0 Å². The fourth-order valence-corrected chi connectivity index (χ4v) is 3.01. The van der Waals surface area contributed by atoms with Crippen molar-refractivity contribution < 1.29 is 9.18 Å². The third-order valence-corrected chi connectivity index (χ3v) is 4.35. The molecule has 1 aromatic carbocycles. The molecule has 0 bridgehead atoms. The Morgan fingerprint density at radius 3 is 2.57 bits per heavy atom. The molecular formula is C17H25FN2O. The molecule has 1 aliphatic carbocycles. The number of hydrogen-bond acceptors (Lipinski definition) is 2. The summed E-state index contributed by atoms with van der Waals surface area (Å²) in [4.78, 5) is 14.1. The van der Waals surface area contributed by atoms with E-state index in [0.29, 0.717) is 6.04 Å². The van der Waals surface area contributed by atoms with Crippen LogP contribution in [0.15, 0.2) is 24.3 Å². The highest BCUT2D eigenvalue weighted by atomic mass is 19.1. The SMILES string of the molecule is CCCNC1CCC(N(C)C(=O)c2ccccc2F)CC1. The molecule has 0 atom stereocenters. The summed E-state index contributed by atoms with van der Waals surface area (Å²) in [5, 5.41) is 3.54. The maximum atomic E-state index is 13.7. The molecule has 0 heterocycles. The Labute approximate surface area is 126 Å². The Hall–Kier alpha value is -1.42. The van der Waals surface area contributed by atoms with Gasteiger partial charge >= 0.3 is 0 Å². The highest BCUT2D eigenvalue weighted by Crippen LogP contribution is 2.24. The molecule has 2 rings (SSSR count). The van der Waals surface area contributed by atoms with E-state index in [1.54, 1.807) is 30.1 Å². The van der Waals surface area contributed by atoms with Crippen LogP contribution in [-0.2, 0) is 0 Å². The van der Waals surface area contributed by atoms with Crippen molar-refractivity contribution in [2.75, 3.05) is 13.6 Å². The minimum atomic E-state index is -0.437. The molecule has 1 aliphatic rings. The van der Waals surface area contributed by atoms with Crippen LogP contribution in [0.5, 0.6) is 0 Å². The number of rotatable bonds is 5. The fraction of sp³-hybridized carbons (Fsp3) is 0.588. The number of halogens is 1. The van der Waals surface area contributed by atoms with E-state index in [0.717, 1.165) is 38.6 Å². The first-order chi connectivity index (χ1) is 10.1. The van der Waals surface area contributed by atoms with Crippen LogP contribution in [0.25, 0.3) is 0 Å². The lowest BCUT2D eigenvalue weighted by Crippen LogP contribution is -2.43. The van der Waals surface area contributed by atoms with Crippen LogP contribution < -0.4 is 5.32 Å². The molecule has 0 unspecified atom stereocenters. The van der Waals surface area contributed by atoms with Gasteiger partial charge in [0.25, 0.3) is 5.91 Å². The highest BCUT2D eigenvalue weighted by molar-refractivity contribution is 5.94. The van der Waals surface area contributed by atoms with E-state index in [4.69, 9.17) is 0 Å². The maximum absolute atomic E-state index is 13.7. The average Bonchev–Trinajstić information content (AvgIpc) is 2.52. The molecule has 4 heteroatoms. The summed E-state index contributed by atoms with van der Waals surface area (Å²) in [7, 11) is 1.79. The van der Waals surface area contributed by atoms with E-state index in [2.05, 4.69) is 12.2 Å². The number of nitrogens with zero attached hydrogens (tertiary/aromatic N) is 1. The summed E-state index contributed by atoms with van der Waals surface area (Å²) in [6, 6.07) is 7.00. The molecule has 0 aromatic heterocycles. The lowest BCUT2D eigenvalue weighted by molar-refractivity contribution is 0.0680. The molecule has 1 fully saturated rings. The summed E-state index contributed by atoms with van der Waals surface area (Å²) >= 11 is 0. The topological polar surface area (TPSA) is 32.3 Å². The normalized spacial score (nSPS) is 22.0. The third kappa shape index (κ3) is 4.03. The highest BCUT2D eigenvalue weighted by Gasteiger charge is 2.27. The van der Waals surface area contributed by atoms with Gasteiger partial charge in [0.05, 0.1) is 5.56 Å². The van der Waals surface area contributed by atoms with Gasteiger partial charge in [-0.3, -0.25) is 4.79 Å². The van der Waals surface area contributed by atoms with Crippen LogP contribution >= 0.6 is 0 Å². The largest absolute Gasteiger partial charge is 0.339 e. The zero-order valence-corrected chi connectivity index (χ0v) is 12.9. The minimum Gasteiger partial charge on any atom is -0.339 e. The Morgan fingerprint density at radius 1 is 1.29 bits per heavy atom. The molecule has 3 nitrogen and oxygen atoms in total. The zero-order valence-electron chi connectivity index (χ0n) is 12.9. The molecule has 116 valence electrons. The van der Waals surface area contributed by atoms with Crippen molar-refractivity contribution in [1.29, 1.82) is 0 Å². The van der Waals surface area contributed by atoms with Gasteiger partial charge in [0, 0.05) is 19.1 Å². The molecule has 1 aromatic rings. The number of carbonyl (C=O) groups excluding carboxylic acids is 1. The van der Waals surface area contributed by atoms with Crippen molar-refractivity contribution in [2.45, 2.75) is 51.1 Å². The second-order valence-electron chi connectivity index (χ2n) is 5.86. The molecule has 21 heavy (non-hydrogen) atoms. The number of carbonyl (C=O) groups is 1. The predicted molar refractivity (Wildman–Crippen MR) is 82.8 cm³/mol. The quantitative estimate of drug-likeness (QED) is 0.904. The van der Waals surface area contributed by atoms with Crippen molar-refractivity contribution in [3.63, 3.8) is 0 Å². The van der Waals surface area contributed by atoms with Gasteiger partial charge in [-0.1, -0.05) is 19.1 Å². The number of nitrogens with one attached hydrogen (secondary N) is 1. The summed E-state index contributed by atoms with van der Waals surface area (Å²) in [5.74, 6) is -0.647. The molecule has 0 radical (unpaired) electrons. The summed E-state index contributed by atoms with van der Waals surface area (Å²) in [6.45, 7) is 3.22. The average molecular weight is 292 g/mol. The van der Waals surface area contributed by atoms with E-state index >= 15 is 0 Å². The van der Waals surface area contributed by atoms with E-state index in [9.17, 15) is 9.18 Å². The van der Waals surface area contributed by atoms with Gasteiger partial charge in [-0.05, 0) is 50.8 Å². The van der Waals surface area contributed by atoms with Crippen LogP contribution in [0.1, 0.15) is 49.4 Å². The van der Waals surface area contributed by atoms with Crippen molar-refractivity contribution in [3.05, 3.63) is 35.6 Å². The lowest BCUT2D eigenvalue weighted by Gasteiger charge is -2.35. The molecule has 0 saturated heterocycles. The summed E-state index contributed by atoms with van der Waals surface area (Å²) in [5.41, 5.74) is 0.172. The van der Waals surface area contributed by atoms with E-state index in [1.165, 1.54) is 6.07 Å². The Morgan fingerprint density at radius 2 is 1.95 bits per heavy atom. The van der Waals surface area contributed by atoms with Crippen LogP contribution in [0.3, 0.4) is 0 Å². The third-order valence-electron chi connectivity index (χ3n) is 4.35. The Bertz CT molecular complexity index is 470. The number of amides is 1. The van der Waals surface area contributed by atoms with Gasteiger partial charge in [0.2, 0.25) is 0 Å². The zero-order chi connectivity index (χ0) is 15.2.